The summed E-state index contributed by atoms with van der Waals surface area (Å²) >= 11 is 1.97. The third kappa shape index (κ3) is 2.56. The molecule has 64 valence electrons. The van der Waals surface area contributed by atoms with Gasteiger partial charge in [0.25, 0.3) is 0 Å². The summed E-state index contributed by atoms with van der Waals surface area (Å²) in [6, 6.07) is 6.35. The lowest BCUT2D eigenvalue weighted by molar-refractivity contribution is 0.0696. The second-order valence-electron chi connectivity index (χ2n) is 1.98. The van der Waals surface area contributed by atoms with Gasteiger partial charge in [0.05, 0.1) is 5.56 Å². The first kappa shape index (κ1) is 9.66. The number of carboxylic acid groups (broad SMARTS) is 1. The molecule has 1 N–H and O–H groups in total. The number of aromatic carboxylic acids is 1. The zero-order valence-corrected chi connectivity index (χ0v) is 8.83. The van der Waals surface area contributed by atoms with Gasteiger partial charge in [-0.2, -0.15) is 0 Å². The van der Waals surface area contributed by atoms with Crippen LogP contribution in [0.2, 0.25) is 0 Å². The van der Waals surface area contributed by atoms with Gasteiger partial charge in [-0.3, -0.25) is 0 Å². The van der Waals surface area contributed by atoms with Gasteiger partial charge in [-0.15, -0.1) is 0 Å². The summed E-state index contributed by atoms with van der Waals surface area (Å²) < 4.78 is 5.04. The maximum absolute atomic E-state index is 10.5. The van der Waals surface area contributed by atoms with Crippen LogP contribution in [0.25, 0.3) is 0 Å². The van der Waals surface area contributed by atoms with Gasteiger partial charge in [0.15, 0.2) is 0 Å². The Morgan fingerprint density at radius 2 is 2.33 bits per heavy atom. The standard InChI is InChI=1S/C7H5IO3S/c8-12-11-6-3-1-2-5(4-6)7(9)10/h1-4H,(H,9,10). The molecule has 1 aromatic rings. The number of rotatable bonds is 3. The first-order valence-electron chi connectivity index (χ1n) is 3.02. The van der Waals surface area contributed by atoms with Crippen molar-refractivity contribution in [1.82, 2.24) is 0 Å². The van der Waals surface area contributed by atoms with E-state index in [0.29, 0.717) is 5.75 Å². The van der Waals surface area contributed by atoms with E-state index in [1.54, 1.807) is 12.1 Å². The number of hydrogen-bond acceptors (Lipinski definition) is 3. The zero-order chi connectivity index (χ0) is 8.97. The fourth-order valence-corrected chi connectivity index (χ4v) is 1.52. The largest absolute Gasteiger partial charge is 0.478 e. The van der Waals surface area contributed by atoms with Gasteiger partial charge in [0.1, 0.15) is 15.0 Å². The fraction of sp³-hybridized carbons (Fsp3) is 0. The number of hydrogen-bond donors (Lipinski definition) is 1. The molecule has 0 aliphatic carbocycles. The van der Waals surface area contributed by atoms with E-state index in [-0.39, 0.29) is 5.56 Å². The maximum atomic E-state index is 10.5. The molecule has 0 radical (unpaired) electrons. The Labute approximate surface area is 85.9 Å². The minimum Gasteiger partial charge on any atom is -0.478 e. The molecule has 0 aliphatic rings. The van der Waals surface area contributed by atoms with E-state index >= 15 is 0 Å². The monoisotopic (exact) mass is 296 g/mol. The summed E-state index contributed by atoms with van der Waals surface area (Å²) in [5, 5.41) is 8.61. The molecule has 0 aliphatic heterocycles. The van der Waals surface area contributed by atoms with Crippen molar-refractivity contribution in [2.75, 3.05) is 0 Å². The molecular weight excluding hydrogens is 291 g/mol. The summed E-state index contributed by atoms with van der Waals surface area (Å²) in [6.45, 7) is 0. The molecule has 0 spiro atoms. The molecule has 1 aromatic carbocycles. The Kier molecular flexibility index (Phi) is 3.67. The van der Waals surface area contributed by atoms with Crippen LogP contribution in [-0.4, -0.2) is 11.1 Å². The predicted molar refractivity (Wildman–Crippen MR) is 55.6 cm³/mol. The molecule has 0 unspecified atom stereocenters. The molecule has 0 atom stereocenters. The van der Waals surface area contributed by atoms with Crippen LogP contribution < -0.4 is 4.18 Å². The van der Waals surface area contributed by atoms with E-state index in [2.05, 4.69) is 0 Å². The highest BCUT2D eigenvalue weighted by molar-refractivity contribution is 14.2. The van der Waals surface area contributed by atoms with Crippen LogP contribution in [0.3, 0.4) is 0 Å². The van der Waals surface area contributed by atoms with E-state index < -0.39 is 5.97 Å². The second-order valence-corrected chi connectivity index (χ2v) is 3.35. The molecule has 0 bridgehead atoms. The van der Waals surface area contributed by atoms with E-state index in [4.69, 9.17) is 9.29 Å². The SMILES string of the molecule is O=C(O)c1cccc(OSI)c1. The van der Waals surface area contributed by atoms with Crippen molar-refractivity contribution in [3.8, 4) is 5.75 Å². The van der Waals surface area contributed by atoms with Crippen LogP contribution in [0.15, 0.2) is 24.3 Å². The minimum atomic E-state index is -0.945. The Morgan fingerprint density at radius 1 is 1.58 bits per heavy atom. The quantitative estimate of drug-likeness (QED) is 0.688. The van der Waals surface area contributed by atoms with Gasteiger partial charge in [0.2, 0.25) is 0 Å². The van der Waals surface area contributed by atoms with Gasteiger partial charge in [0, 0.05) is 21.2 Å². The van der Waals surface area contributed by atoms with Gasteiger partial charge in [-0.1, -0.05) is 6.07 Å². The Balaban J connectivity index is 2.88. The highest BCUT2D eigenvalue weighted by Gasteiger charge is 2.03. The highest BCUT2D eigenvalue weighted by Crippen LogP contribution is 2.21. The smallest absolute Gasteiger partial charge is 0.335 e. The third-order valence-electron chi connectivity index (χ3n) is 1.21. The molecule has 5 heteroatoms. The Hall–Kier alpha value is -0.430. The van der Waals surface area contributed by atoms with Crippen molar-refractivity contribution in [2.45, 2.75) is 0 Å². The van der Waals surface area contributed by atoms with Crippen molar-refractivity contribution >= 4 is 36.4 Å². The average molecular weight is 296 g/mol. The van der Waals surface area contributed by atoms with Crippen LogP contribution in [0.4, 0.5) is 0 Å². The van der Waals surface area contributed by atoms with Crippen molar-refractivity contribution in [1.29, 1.82) is 0 Å². The number of carbonyl (C=O) groups is 1. The molecule has 0 saturated heterocycles. The van der Waals surface area contributed by atoms with Gasteiger partial charge >= 0.3 is 5.97 Å². The predicted octanol–water partition coefficient (Wildman–Crippen LogP) is 2.76. The van der Waals surface area contributed by atoms with Crippen molar-refractivity contribution in [3.63, 3.8) is 0 Å². The van der Waals surface area contributed by atoms with Crippen LogP contribution in [0, 0.1) is 0 Å². The normalized spacial score (nSPS) is 9.42. The van der Waals surface area contributed by atoms with Crippen molar-refractivity contribution < 1.29 is 14.1 Å². The molecule has 1 rings (SSSR count). The number of halogens is 1. The van der Waals surface area contributed by atoms with Gasteiger partial charge < -0.3 is 9.29 Å². The Morgan fingerprint density at radius 3 is 2.92 bits per heavy atom. The maximum Gasteiger partial charge on any atom is 0.335 e. The first-order valence-corrected chi connectivity index (χ1v) is 6.31. The summed E-state index contributed by atoms with van der Waals surface area (Å²) in [4.78, 5) is 10.5. The van der Waals surface area contributed by atoms with Gasteiger partial charge in [-0.25, -0.2) is 4.79 Å². The molecule has 12 heavy (non-hydrogen) atoms. The van der Waals surface area contributed by atoms with Crippen LogP contribution in [0.5, 0.6) is 5.75 Å². The summed E-state index contributed by atoms with van der Waals surface area (Å²) in [7, 11) is 1.15. The van der Waals surface area contributed by atoms with Gasteiger partial charge in [-0.05, 0) is 18.2 Å². The third-order valence-corrected chi connectivity index (χ3v) is 2.00. The molecular formula is C7H5IO3S. The van der Waals surface area contributed by atoms with E-state index in [1.165, 1.54) is 12.1 Å². The van der Waals surface area contributed by atoms with E-state index in [0.717, 1.165) is 9.21 Å². The second kappa shape index (κ2) is 4.56. The highest BCUT2D eigenvalue weighted by atomic mass is 127. The summed E-state index contributed by atoms with van der Waals surface area (Å²) in [6.07, 6.45) is 0. The molecule has 0 heterocycles. The van der Waals surface area contributed by atoms with Crippen molar-refractivity contribution in [2.24, 2.45) is 0 Å². The lowest BCUT2D eigenvalue weighted by Gasteiger charge is -1.99. The lowest BCUT2D eigenvalue weighted by Crippen LogP contribution is -1.95. The first-order chi connectivity index (χ1) is 5.74. The van der Waals surface area contributed by atoms with E-state index in [1.807, 2.05) is 21.2 Å². The zero-order valence-electron chi connectivity index (χ0n) is 5.86. The molecule has 0 aromatic heterocycles. The van der Waals surface area contributed by atoms with Crippen LogP contribution in [-0.2, 0) is 0 Å². The fourth-order valence-electron chi connectivity index (χ4n) is 0.717. The van der Waals surface area contributed by atoms with Crippen LogP contribution >= 0.6 is 30.4 Å². The topological polar surface area (TPSA) is 46.5 Å². The summed E-state index contributed by atoms with van der Waals surface area (Å²) in [5.41, 5.74) is 0.234. The number of benzene rings is 1. The van der Waals surface area contributed by atoms with Crippen molar-refractivity contribution in [3.05, 3.63) is 29.8 Å². The molecule has 0 saturated carbocycles. The average Bonchev–Trinajstić information content (AvgIpc) is 2.05. The Bertz CT molecular complexity index is 290. The van der Waals surface area contributed by atoms with Crippen LogP contribution in [0.1, 0.15) is 10.4 Å². The molecule has 0 amide bonds. The minimum absolute atomic E-state index is 0.234. The summed E-state index contributed by atoms with van der Waals surface area (Å²) in [5.74, 6) is -0.395. The van der Waals surface area contributed by atoms with E-state index in [9.17, 15) is 4.79 Å². The lowest BCUT2D eigenvalue weighted by atomic mass is 10.2. The molecule has 3 nitrogen and oxygen atoms in total. The molecule has 0 fully saturated rings. The number of carboxylic acids is 1.